The Hall–Kier alpha value is -1.84. The van der Waals surface area contributed by atoms with Crippen LogP contribution < -0.4 is 5.32 Å². The highest BCUT2D eigenvalue weighted by Gasteiger charge is 2.13. The highest BCUT2D eigenvalue weighted by Crippen LogP contribution is 2.15. The lowest BCUT2D eigenvalue weighted by molar-refractivity contribution is 0.0939. The zero-order chi connectivity index (χ0) is 24.1. The molecule has 1 N–H and O–H groups in total. The van der Waals surface area contributed by atoms with E-state index in [-0.39, 0.29) is 18.3 Å². The van der Waals surface area contributed by atoms with Crippen molar-refractivity contribution >= 4 is 24.4 Å². The lowest BCUT2D eigenvalue weighted by atomic mass is 10.0. The van der Waals surface area contributed by atoms with Gasteiger partial charge in [0.15, 0.2) is 0 Å². The van der Waals surface area contributed by atoms with Gasteiger partial charge < -0.3 is 5.32 Å². The molecule has 33 heavy (non-hydrogen) atoms. The molecule has 0 saturated heterocycles. The average Bonchev–Trinajstić information content (AvgIpc) is 2.70. The Morgan fingerprint density at radius 3 is 1.97 bits per heavy atom. The number of hydrogen-bond donors (Lipinski definition) is 1. The number of allylic oxidation sites excluding steroid dienone is 5. The van der Waals surface area contributed by atoms with Gasteiger partial charge in [-0.05, 0) is 98.8 Å². The molecule has 0 aliphatic rings. The Morgan fingerprint density at radius 2 is 1.42 bits per heavy atom. The van der Waals surface area contributed by atoms with Gasteiger partial charge in [-0.1, -0.05) is 47.1 Å². The highest BCUT2D eigenvalue weighted by atomic mass is 35.5. The fraction of sp³-hybridized carbons (Fsp3) is 0.552. The van der Waals surface area contributed by atoms with E-state index in [2.05, 4.69) is 83.8 Å². The molecule has 1 rings (SSSR count). The number of halogens is 1. The van der Waals surface area contributed by atoms with Crippen molar-refractivity contribution in [2.45, 2.75) is 93.2 Å². The van der Waals surface area contributed by atoms with E-state index in [1.165, 1.54) is 16.7 Å². The van der Waals surface area contributed by atoms with Crippen LogP contribution >= 0.6 is 12.4 Å². The third-order valence-electron chi connectivity index (χ3n) is 5.69. The van der Waals surface area contributed by atoms with Crippen LogP contribution in [-0.2, 0) is 0 Å². The van der Waals surface area contributed by atoms with Crippen molar-refractivity contribution in [3.63, 3.8) is 0 Å². The Labute approximate surface area is 209 Å². The van der Waals surface area contributed by atoms with E-state index in [1.54, 1.807) is 0 Å². The summed E-state index contributed by atoms with van der Waals surface area (Å²) in [5, 5.41) is 3.05. The molecule has 0 aliphatic carbocycles. The first-order chi connectivity index (χ1) is 15.1. The van der Waals surface area contributed by atoms with Crippen LogP contribution in [0.5, 0.6) is 0 Å². The van der Waals surface area contributed by atoms with Gasteiger partial charge in [0.1, 0.15) is 0 Å². The fourth-order valence-corrected chi connectivity index (χ4v) is 3.84. The predicted molar refractivity (Wildman–Crippen MR) is 148 cm³/mol. The molecule has 0 spiro atoms. The number of rotatable bonds is 13. The maximum atomic E-state index is 12.5. The predicted octanol–water partition coefficient (Wildman–Crippen LogP) is 7.83. The molecule has 0 aliphatic heterocycles. The molecule has 0 bridgehead atoms. The van der Waals surface area contributed by atoms with Gasteiger partial charge in [-0.3, -0.25) is 9.69 Å². The average molecular weight is 475 g/mol. The zero-order valence-electron chi connectivity index (χ0n) is 22.2. The normalized spacial score (nSPS) is 12.2. The van der Waals surface area contributed by atoms with Crippen molar-refractivity contribution in [2.75, 3.05) is 13.1 Å². The van der Waals surface area contributed by atoms with Crippen molar-refractivity contribution < 1.29 is 4.79 Å². The molecule has 0 heterocycles. The summed E-state index contributed by atoms with van der Waals surface area (Å²) in [4.78, 5) is 14.8. The Kier molecular flexibility index (Phi) is 15.8. The van der Waals surface area contributed by atoms with E-state index < -0.39 is 0 Å². The Balaban J connectivity index is 0.0000102. The molecule has 0 aromatic heterocycles. The minimum Gasteiger partial charge on any atom is -0.351 e. The number of nitrogens with one attached hydrogen (secondary N) is 1. The van der Waals surface area contributed by atoms with E-state index in [0.717, 1.165) is 43.4 Å². The monoisotopic (exact) mass is 474 g/mol. The van der Waals surface area contributed by atoms with Gasteiger partial charge in [-0.25, -0.2) is 0 Å². The molecule has 1 aromatic carbocycles. The van der Waals surface area contributed by atoms with Crippen LogP contribution in [0.25, 0.3) is 6.08 Å². The van der Waals surface area contributed by atoms with Gasteiger partial charge in [0.05, 0.1) is 0 Å². The second kappa shape index (κ2) is 16.7. The highest BCUT2D eigenvalue weighted by molar-refractivity contribution is 5.94. The third-order valence-corrected chi connectivity index (χ3v) is 5.69. The molecule has 4 heteroatoms. The molecule has 0 unspecified atom stereocenters. The quantitative estimate of drug-likeness (QED) is 0.295. The topological polar surface area (TPSA) is 32.3 Å². The summed E-state index contributed by atoms with van der Waals surface area (Å²) in [5.74, 6) is -0.00145. The van der Waals surface area contributed by atoms with Crippen LogP contribution in [0.3, 0.4) is 0 Å². The first-order valence-corrected chi connectivity index (χ1v) is 12.2. The smallest absolute Gasteiger partial charge is 0.251 e. The fourth-order valence-electron chi connectivity index (χ4n) is 3.84. The summed E-state index contributed by atoms with van der Waals surface area (Å²) >= 11 is 0. The van der Waals surface area contributed by atoms with Crippen LogP contribution in [-0.4, -0.2) is 36.0 Å². The van der Waals surface area contributed by atoms with Gasteiger partial charge in [0.25, 0.3) is 5.91 Å². The van der Waals surface area contributed by atoms with Crippen LogP contribution in [0, 0.1) is 0 Å². The van der Waals surface area contributed by atoms with Crippen LogP contribution in [0.4, 0.5) is 0 Å². The summed E-state index contributed by atoms with van der Waals surface area (Å²) in [5.41, 5.74) is 6.09. The minimum atomic E-state index is -0.00145. The van der Waals surface area contributed by atoms with Gasteiger partial charge in [-0.15, -0.1) is 12.4 Å². The molecule has 3 nitrogen and oxygen atoms in total. The van der Waals surface area contributed by atoms with E-state index in [1.807, 2.05) is 24.3 Å². The van der Waals surface area contributed by atoms with Crippen molar-refractivity contribution in [3.8, 4) is 0 Å². The standard InChI is InChI=1S/C29H46N2O.ClH/c1-22(2)11-9-12-25(7)13-10-14-26(8)21-27-15-17-28(18-16-27)29(32)30-19-20-31(23(3)4)24(5)6;/h11,13,15-18,21,23-24H,9-10,12,14,19-20H2,1-8H3,(H,30,32);1H. The number of hydrogen-bond acceptors (Lipinski definition) is 2. The molecule has 0 radical (unpaired) electrons. The maximum Gasteiger partial charge on any atom is 0.251 e. The summed E-state index contributed by atoms with van der Waals surface area (Å²) < 4.78 is 0. The first kappa shape index (κ1) is 31.2. The van der Waals surface area contributed by atoms with Gasteiger partial charge in [-0.2, -0.15) is 0 Å². The maximum absolute atomic E-state index is 12.5. The summed E-state index contributed by atoms with van der Waals surface area (Å²) in [6, 6.07) is 8.86. The summed E-state index contributed by atoms with van der Waals surface area (Å²) in [6.45, 7) is 19.0. The number of nitrogens with zero attached hydrogens (tertiary/aromatic N) is 1. The van der Waals surface area contributed by atoms with E-state index in [0.29, 0.717) is 18.6 Å². The van der Waals surface area contributed by atoms with Crippen molar-refractivity contribution in [1.29, 1.82) is 0 Å². The lowest BCUT2D eigenvalue weighted by Gasteiger charge is -2.30. The second-order valence-electron chi connectivity index (χ2n) is 9.70. The number of carbonyl (C=O) groups is 1. The molecule has 0 atom stereocenters. The second-order valence-corrected chi connectivity index (χ2v) is 9.70. The summed E-state index contributed by atoms with van der Waals surface area (Å²) in [6.07, 6.45) is 11.3. The molecule has 0 fully saturated rings. The summed E-state index contributed by atoms with van der Waals surface area (Å²) in [7, 11) is 0. The van der Waals surface area contributed by atoms with Crippen LogP contribution in [0.1, 0.15) is 97.0 Å². The Morgan fingerprint density at radius 1 is 0.879 bits per heavy atom. The van der Waals surface area contributed by atoms with E-state index in [9.17, 15) is 4.79 Å². The molecular formula is C29H47ClN2O. The van der Waals surface area contributed by atoms with Crippen molar-refractivity contribution in [3.05, 3.63) is 64.3 Å². The molecule has 0 saturated carbocycles. The number of amides is 1. The molecular weight excluding hydrogens is 428 g/mol. The van der Waals surface area contributed by atoms with Crippen LogP contribution in [0.15, 0.2) is 53.1 Å². The largest absolute Gasteiger partial charge is 0.351 e. The zero-order valence-corrected chi connectivity index (χ0v) is 23.0. The van der Waals surface area contributed by atoms with Crippen molar-refractivity contribution in [1.82, 2.24) is 10.2 Å². The minimum absolute atomic E-state index is 0. The van der Waals surface area contributed by atoms with E-state index >= 15 is 0 Å². The number of carbonyl (C=O) groups excluding carboxylic acids is 1. The van der Waals surface area contributed by atoms with Crippen molar-refractivity contribution in [2.24, 2.45) is 0 Å². The van der Waals surface area contributed by atoms with Gasteiger partial charge in [0.2, 0.25) is 0 Å². The Bertz CT molecular complexity index is 776. The SMILES string of the molecule is CC(C)=CCCC(C)=CCCC(C)=Cc1ccc(C(=O)NCCN(C(C)C)C(C)C)cc1.Cl. The third kappa shape index (κ3) is 13.5. The van der Waals surface area contributed by atoms with Gasteiger partial charge in [0, 0.05) is 30.7 Å². The molecule has 186 valence electrons. The number of benzene rings is 1. The molecule has 1 aromatic rings. The lowest BCUT2D eigenvalue weighted by Crippen LogP contribution is -2.42. The molecule has 1 amide bonds. The van der Waals surface area contributed by atoms with E-state index in [4.69, 9.17) is 0 Å². The van der Waals surface area contributed by atoms with Gasteiger partial charge >= 0.3 is 0 Å². The first-order valence-electron chi connectivity index (χ1n) is 12.2. The van der Waals surface area contributed by atoms with Crippen LogP contribution in [0.2, 0.25) is 0 Å².